The van der Waals surface area contributed by atoms with E-state index in [-0.39, 0.29) is 36.5 Å². The number of aryl methyl sites for hydroxylation is 1. The summed E-state index contributed by atoms with van der Waals surface area (Å²) in [5, 5.41) is 10.8. The van der Waals surface area contributed by atoms with E-state index in [1.165, 1.54) is 0 Å². The van der Waals surface area contributed by atoms with Gasteiger partial charge in [0, 0.05) is 20.2 Å². The molecule has 2 atom stereocenters. The van der Waals surface area contributed by atoms with Crippen molar-refractivity contribution in [3.63, 3.8) is 0 Å². The van der Waals surface area contributed by atoms with Gasteiger partial charge in [-0.2, -0.15) is 5.10 Å². The van der Waals surface area contributed by atoms with Gasteiger partial charge in [-0.05, 0) is 25.8 Å². The summed E-state index contributed by atoms with van der Waals surface area (Å²) in [6.07, 6.45) is 1.95. The summed E-state index contributed by atoms with van der Waals surface area (Å²) < 4.78 is 7.26. The Morgan fingerprint density at radius 2 is 2.18 bits per heavy atom. The van der Waals surface area contributed by atoms with Gasteiger partial charge in [0.05, 0.1) is 23.9 Å². The molecule has 1 amide bonds. The Hall–Kier alpha value is -1.11. The zero-order chi connectivity index (χ0) is 15.4. The highest BCUT2D eigenvalue weighted by atomic mass is 35.5. The molecule has 126 valence electrons. The largest absolute Gasteiger partial charge is 0.378 e. The SMILES string of the molecule is CCC(CC)n1nc(C)cc1C(=O)NC1CNC[C@@H]1OC.Cl. The molecular weight excluding hydrogens is 304 g/mol. The number of amides is 1. The standard InChI is InChI=1S/C15H26N4O2.ClH/c1-5-11(6-2)19-13(7-10(3)18-19)15(20)17-12-8-16-9-14(12)21-4;/h7,11-12,14,16H,5-6,8-9H2,1-4H3,(H,17,20);1H/t12?,14-;/m0./s1. The highest BCUT2D eigenvalue weighted by molar-refractivity contribution is 5.93. The van der Waals surface area contributed by atoms with Crippen LogP contribution in [0.2, 0.25) is 0 Å². The molecule has 2 heterocycles. The summed E-state index contributed by atoms with van der Waals surface area (Å²) in [6.45, 7) is 7.67. The summed E-state index contributed by atoms with van der Waals surface area (Å²) in [5.74, 6) is -0.0711. The van der Waals surface area contributed by atoms with Crippen LogP contribution in [-0.2, 0) is 4.74 Å². The fraction of sp³-hybridized carbons (Fsp3) is 0.733. The number of nitrogens with one attached hydrogen (secondary N) is 2. The molecule has 22 heavy (non-hydrogen) atoms. The predicted molar refractivity (Wildman–Crippen MR) is 88.8 cm³/mol. The van der Waals surface area contributed by atoms with Crippen molar-refractivity contribution in [2.45, 2.75) is 51.8 Å². The number of carbonyl (C=O) groups is 1. The number of aromatic nitrogens is 2. The van der Waals surface area contributed by atoms with Crippen LogP contribution in [0.1, 0.15) is 48.9 Å². The zero-order valence-electron chi connectivity index (χ0n) is 13.8. The van der Waals surface area contributed by atoms with Gasteiger partial charge in [-0.15, -0.1) is 12.4 Å². The quantitative estimate of drug-likeness (QED) is 0.833. The molecule has 1 aliphatic heterocycles. The summed E-state index contributed by atoms with van der Waals surface area (Å²) in [4.78, 5) is 12.6. The van der Waals surface area contributed by atoms with Crippen LogP contribution in [-0.4, -0.2) is 48.0 Å². The number of carbonyl (C=O) groups excluding carboxylic acids is 1. The van der Waals surface area contributed by atoms with Crippen LogP contribution < -0.4 is 10.6 Å². The first-order valence-corrected chi connectivity index (χ1v) is 7.71. The third-order valence-electron chi connectivity index (χ3n) is 4.16. The summed E-state index contributed by atoms with van der Waals surface area (Å²) in [7, 11) is 1.68. The highest BCUT2D eigenvalue weighted by Crippen LogP contribution is 2.18. The maximum atomic E-state index is 12.6. The first-order valence-electron chi connectivity index (χ1n) is 7.71. The Labute approximate surface area is 138 Å². The van der Waals surface area contributed by atoms with Crippen molar-refractivity contribution in [3.05, 3.63) is 17.5 Å². The van der Waals surface area contributed by atoms with Crippen LogP contribution >= 0.6 is 12.4 Å². The van der Waals surface area contributed by atoms with Crippen LogP contribution in [0.15, 0.2) is 6.07 Å². The van der Waals surface area contributed by atoms with Crippen molar-refractivity contribution in [2.24, 2.45) is 0 Å². The molecule has 0 bridgehead atoms. The van der Waals surface area contributed by atoms with Crippen LogP contribution in [0.3, 0.4) is 0 Å². The summed E-state index contributed by atoms with van der Waals surface area (Å²) in [5.41, 5.74) is 1.52. The molecule has 1 unspecified atom stereocenters. The number of ether oxygens (including phenoxy) is 1. The molecule has 0 radical (unpaired) electrons. The van der Waals surface area contributed by atoms with Gasteiger partial charge in [0.1, 0.15) is 5.69 Å². The number of hydrogen-bond donors (Lipinski definition) is 2. The third kappa shape index (κ3) is 4.00. The second-order valence-corrected chi connectivity index (χ2v) is 5.60. The number of nitrogens with zero attached hydrogens (tertiary/aromatic N) is 2. The molecular formula is C15H27ClN4O2. The van der Waals surface area contributed by atoms with Gasteiger partial charge in [0.15, 0.2) is 0 Å². The van der Waals surface area contributed by atoms with Gasteiger partial charge in [-0.1, -0.05) is 13.8 Å². The van der Waals surface area contributed by atoms with E-state index in [2.05, 4.69) is 29.6 Å². The number of halogens is 1. The van der Waals surface area contributed by atoms with Gasteiger partial charge in [0.25, 0.3) is 5.91 Å². The molecule has 2 rings (SSSR count). The highest BCUT2D eigenvalue weighted by Gasteiger charge is 2.29. The maximum Gasteiger partial charge on any atom is 0.269 e. The van der Waals surface area contributed by atoms with Gasteiger partial charge < -0.3 is 15.4 Å². The number of hydrogen-bond acceptors (Lipinski definition) is 4. The summed E-state index contributed by atoms with van der Waals surface area (Å²) >= 11 is 0. The second kappa shape index (κ2) is 8.50. The number of methoxy groups -OCH3 is 1. The van der Waals surface area contributed by atoms with Gasteiger partial charge in [-0.3, -0.25) is 9.48 Å². The molecule has 2 N–H and O–H groups in total. The van der Waals surface area contributed by atoms with E-state index in [1.807, 2.05) is 17.7 Å². The zero-order valence-corrected chi connectivity index (χ0v) is 14.6. The van der Waals surface area contributed by atoms with Crippen molar-refractivity contribution in [3.8, 4) is 0 Å². The van der Waals surface area contributed by atoms with Crippen molar-refractivity contribution >= 4 is 18.3 Å². The second-order valence-electron chi connectivity index (χ2n) is 5.60. The van der Waals surface area contributed by atoms with Gasteiger partial charge >= 0.3 is 0 Å². The first kappa shape index (κ1) is 18.9. The Kier molecular flexibility index (Phi) is 7.32. The molecule has 0 aromatic carbocycles. The van der Waals surface area contributed by atoms with E-state index in [1.54, 1.807) is 7.11 Å². The minimum Gasteiger partial charge on any atom is -0.378 e. The molecule has 1 aliphatic rings. The maximum absolute atomic E-state index is 12.6. The lowest BCUT2D eigenvalue weighted by atomic mass is 10.1. The fourth-order valence-electron chi connectivity index (χ4n) is 2.89. The van der Waals surface area contributed by atoms with E-state index < -0.39 is 0 Å². The Morgan fingerprint density at radius 3 is 2.77 bits per heavy atom. The van der Waals surface area contributed by atoms with Gasteiger partial charge in [-0.25, -0.2) is 0 Å². The average Bonchev–Trinajstić information content (AvgIpc) is 3.07. The molecule has 1 aromatic rings. The monoisotopic (exact) mass is 330 g/mol. The lowest BCUT2D eigenvalue weighted by molar-refractivity contribution is 0.0770. The third-order valence-corrected chi connectivity index (χ3v) is 4.16. The smallest absolute Gasteiger partial charge is 0.269 e. The van der Waals surface area contributed by atoms with E-state index >= 15 is 0 Å². The fourth-order valence-corrected chi connectivity index (χ4v) is 2.89. The van der Waals surface area contributed by atoms with E-state index in [0.29, 0.717) is 5.69 Å². The lowest BCUT2D eigenvalue weighted by Crippen LogP contribution is -2.44. The normalized spacial score (nSPS) is 21.0. The Morgan fingerprint density at radius 1 is 1.50 bits per heavy atom. The van der Waals surface area contributed by atoms with Gasteiger partial charge in [0.2, 0.25) is 0 Å². The minimum atomic E-state index is -0.0711. The Bertz CT molecular complexity index is 488. The molecule has 1 aromatic heterocycles. The molecule has 0 aliphatic carbocycles. The van der Waals surface area contributed by atoms with E-state index in [4.69, 9.17) is 4.74 Å². The minimum absolute atomic E-state index is 0. The van der Waals surface area contributed by atoms with Crippen molar-refractivity contribution < 1.29 is 9.53 Å². The van der Waals surface area contributed by atoms with Crippen LogP contribution in [0.25, 0.3) is 0 Å². The Balaban J connectivity index is 0.00000242. The molecule has 7 heteroatoms. The predicted octanol–water partition coefficient (Wildman–Crippen LogP) is 1.69. The van der Waals surface area contributed by atoms with E-state index in [0.717, 1.165) is 31.6 Å². The molecule has 1 saturated heterocycles. The van der Waals surface area contributed by atoms with Crippen LogP contribution in [0.5, 0.6) is 0 Å². The molecule has 0 saturated carbocycles. The van der Waals surface area contributed by atoms with Crippen molar-refractivity contribution in [2.75, 3.05) is 20.2 Å². The average molecular weight is 331 g/mol. The topological polar surface area (TPSA) is 68.2 Å². The molecule has 1 fully saturated rings. The summed E-state index contributed by atoms with van der Waals surface area (Å²) in [6, 6.07) is 2.13. The lowest BCUT2D eigenvalue weighted by Gasteiger charge is -2.20. The number of rotatable bonds is 6. The van der Waals surface area contributed by atoms with Crippen molar-refractivity contribution in [1.29, 1.82) is 0 Å². The van der Waals surface area contributed by atoms with Crippen LogP contribution in [0.4, 0.5) is 0 Å². The first-order chi connectivity index (χ1) is 10.1. The van der Waals surface area contributed by atoms with Crippen molar-refractivity contribution in [1.82, 2.24) is 20.4 Å². The molecule has 6 nitrogen and oxygen atoms in total. The van der Waals surface area contributed by atoms with E-state index in [9.17, 15) is 4.79 Å². The molecule has 0 spiro atoms. The van der Waals surface area contributed by atoms with Crippen LogP contribution in [0, 0.1) is 6.92 Å².